The van der Waals surface area contributed by atoms with Gasteiger partial charge in [-0.05, 0) is 51.0 Å². The highest BCUT2D eigenvalue weighted by atomic mass is 16.4. The van der Waals surface area contributed by atoms with E-state index in [1.54, 1.807) is 0 Å². The first-order chi connectivity index (χ1) is 10.1. The van der Waals surface area contributed by atoms with Gasteiger partial charge in [-0.1, -0.05) is 0 Å². The van der Waals surface area contributed by atoms with Crippen LogP contribution in [0.1, 0.15) is 44.9 Å². The summed E-state index contributed by atoms with van der Waals surface area (Å²) in [6.07, 6.45) is 6.38. The summed E-state index contributed by atoms with van der Waals surface area (Å²) in [6.45, 7) is 3.19. The number of carbonyl (C=O) groups excluding carboxylic acids is 1. The van der Waals surface area contributed by atoms with Crippen molar-refractivity contribution in [3.8, 4) is 0 Å². The number of nitrogens with one attached hydrogen (secondary N) is 2. The van der Waals surface area contributed by atoms with Crippen LogP contribution in [-0.2, 0) is 4.79 Å². The largest absolute Gasteiger partial charge is 0.481 e. The number of likely N-dealkylation sites (tertiary alicyclic amines) is 1. The number of carboxylic acid groups (broad SMARTS) is 1. The van der Waals surface area contributed by atoms with Crippen LogP contribution in [-0.4, -0.2) is 54.2 Å². The van der Waals surface area contributed by atoms with E-state index in [0.717, 1.165) is 57.9 Å². The van der Waals surface area contributed by atoms with Gasteiger partial charge in [-0.2, -0.15) is 0 Å². The number of hydrogen-bond donors (Lipinski definition) is 3. The summed E-state index contributed by atoms with van der Waals surface area (Å²) in [5, 5.41) is 15.1. The van der Waals surface area contributed by atoms with Crippen LogP contribution < -0.4 is 10.6 Å². The van der Waals surface area contributed by atoms with Crippen LogP contribution in [0.2, 0.25) is 0 Å². The molecule has 1 saturated carbocycles. The minimum absolute atomic E-state index is 0.0260. The minimum Gasteiger partial charge on any atom is -0.481 e. The van der Waals surface area contributed by atoms with E-state index in [0.29, 0.717) is 5.92 Å². The molecule has 0 aromatic carbocycles. The summed E-state index contributed by atoms with van der Waals surface area (Å²) in [5.41, 5.74) is 0. The number of carbonyl (C=O) groups is 2. The molecule has 1 aliphatic carbocycles. The van der Waals surface area contributed by atoms with Crippen molar-refractivity contribution in [2.24, 2.45) is 5.92 Å². The van der Waals surface area contributed by atoms with E-state index in [4.69, 9.17) is 5.11 Å². The lowest BCUT2D eigenvalue weighted by Crippen LogP contribution is -2.45. The number of piperidine rings is 1. The third-order valence-electron chi connectivity index (χ3n) is 4.31. The van der Waals surface area contributed by atoms with Gasteiger partial charge < -0.3 is 20.6 Å². The van der Waals surface area contributed by atoms with Crippen molar-refractivity contribution < 1.29 is 14.7 Å². The first-order valence-electron chi connectivity index (χ1n) is 8.13. The second-order valence-electron chi connectivity index (χ2n) is 6.18. The van der Waals surface area contributed by atoms with E-state index in [2.05, 4.69) is 10.6 Å². The van der Waals surface area contributed by atoms with E-state index >= 15 is 0 Å². The van der Waals surface area contributed by atoms with Crippen LogP contribution in [0.15, 0.2) is 0 Å². The van der Waals surface area contributed by atoms with E-state index in [9.17, 15) is 9.59 Å². The highest BCUT2D eigenvalue weighted by molar-refractivity contribution is 5.74. The predicted octanol–water partition coefficient (Wildman–Crippen LogP) is 1.41. The first kappa shape index (κ1) is 16.1. The Balaban J connectivity index is 1.51. The molecule has 120 valence electrons. The van der Waals surface area contributed by atoms with Gasteiger partial charge in [0.25, 0.3) is 0 Å². The number of hydrogen-bond acceptors (Lipinski definition) is 3. The molecule has 1 saturated heterocycles. The zero-order valence-corrected chi connectivity index (χ0v) is 12.6. The molecule has 0 unspecified atom stereocenters. The highest BCUT2D eigenvalue weighted by Crippen LogP contribution is 2.21. The fourth-order valence-corrected chi connectivity index (χ4v) is 2.74. The molecule has 6 nitrogen and oxygen atoms in total. The fourth-order valence-electron chi connectivity index (χ4n) is 2.74. The maximum absolute atomic E-state index is 12.0. The number of urea groups is 1. The molecule has 0 aromatic rings. The Morgan fingerprint density at radius 2 is 1.81 bits per heavy atom. The van der Waals surface area contributed by atoms with Gasteiger partial charge in [0, 0.05) is 32.1 Å². The molecule has 0 spiro atoms. The number of carboxylic acids is 1. The Labute approximate surface area is 126 Å². The number of amides is 2. The van der Waals surface area contributed by atoms with Crippen LogP contribution in [0.25, 0.3) is 0 Å². The molecule has 1 aliphatic heterocycles. The quantitative estimate of drug-likeness (QED) is 0.592. The van der Waals surface area contributed by atoms with Gasteiger partial charge in [0.2, 0.25) is 0 Å². The Kier molecular flexibility index (Phi) is 6.29. The molecule has 6 heteroatoms. The number of rotatable bonds is 8. The standard InChI is InChI=1S/C15H27N3O3/c19-14(20)5-2-12-6-10-18(11-7-12)15(21)17-9-1-8-16-13-3-4-13/h12-13,16H,1-11H2,(H,17,21)(H,19,20). The second-order valence-corrected chi connectivity index (χ2v) is 6.18. The van der Waals surface area contributed by atoms with Crippen LogP contribution in [0.3, 0.4) is 0 Å². The van der Waals surface area contributed by atoms with Gasteiger partial charge in [0.15, 0.2) is 0 Å². The van der Waals surface area contributed by atoms with Gasteiger partial charge in [0.1, 0.15) is 0 Å². The van der Waals surface area contributed by atoms with Gasteiger partial charge in [-0.15, -0.1) is 0 Å². The van der Waals surface area contributed by atoms with Crippen molar-refractivity contribution in [2.45, 2.75) is 51.0 Å². The van der Waals surface area contributed by atoms with Crippen molar-refractivity contribution >= 4 is 12.0 Å². The average Bonchev–Trinajstić information content (AvgIpc) is 3.29. The third-order valence-corrected chi connectivity index (χ3v) is 4.31. The summed E-state index contributed by atoms with van der Waals surface area (Å²) in [6, 6.07) is 0.753. The van der Waals surface area contributed by atoms with Crippen molar-refractivity contribution in [1.29, 1.82) is 0 Å². The topological polar surface area (TPSA) is 81.7 Å². The number of nitrogens with zero attached hydrogens (tertiary/aromatic N) is 1. The Hall–Kier alpha value is -1.30. The van der Waals surface area contributed by atoms with E-state index in [-0.39, 0.29) is 12.5 Å². The molecule has 21 heavy (non-hydrogen) atoms. The normalized spacial score (nSPS) is 19.5. The van der Waals surface area contributed by atoms with Crippen molar-refractivity contribution in [3.63, 3.8) is 0 Å². The van der Waals surface area contributed by atoms with Gasteiger partial charge in [0.05, 0.1) is 0 Å². The average molecular weight is 297 g/mol. The lowest BCUT2D eigenvalue weighted by Gasteiger charge is -2.31. The van der Waals surface area contributed by atoms with Crippen LogP contribution >= 0.6 is 0 Å². The van der Waals surface area contributed by atoms with Crippen LogP contribution in [0.5, 0.6) is 0 Å². The number of aliphatic carboxylic acids is 1. The first-order valence-corrected chi connectivity index (χ1v) is 8.13. The van der Waals surface area contributed by atoms with Gasteiger partial charge >= 0.3 is 12.0 Å². The maximum Gasteiger partial charge on any atom is 0.317 e. The smallest absolute Gasteiger partial charge is 0.317 e. The summed E-state index contributed by atoms with van der Waals surface area (Å²) in [7, 11) is 0. The van der Waals surface area contributed by atoms with Crippen LogP contribution in [0.4, 0.5) is 4.79 Å². The van der Waals surface area contributed by atoms with Crippen molar-refractivity contribution in [3.05, 3.63) is 0 Å². The lowest BCUT2D eigenvalue weighted by molar-refractivity contribution is -0.137. The molecule has 0 radical (unpaired) electrons. The molecule has 1 heterocycles. The summed E-state index contributed by atoms with van der Waals surface area (Å²) in [5.74, 6) is -0.275. The maximum atomic E-state index is 12.0. The highest BCUT2D eigenvalue weighted by Gasteiger charge is 2.23. The molecule has 2 rings (SSSR count). The minimum atomic E-state index is -0.727. The SMILES string of the molecule is O=C(O)CCC1CCN(C(=O)NCCCNC2CC2)CC1. The summed E-state index contributed by atoms with van der Waals surface area (Å²) in [4.78, 5) is 24.4. The zero-order valence-electron chi connectivity index (χ0n) is 12.6. The molecule has 0 atom stereocenters. The van der Waals surface area contributed by atoms with E-state index < -0.39 is 5.97 Å². The predicted molar refractivity (Wildman–Crippen MR) is 80.2 cm³/mol. The van der Waals surface area contributed by atoms with E-state index in [1.165, 1.54) is 12.8 Å². The van der Waals surface area contributed by atoms with Gasteiger partial charge in [-0.25, -0.2) is 4.79 Å². The zero-order chi connectivity index (χ0) is 15.1. The van der Waals surface area contributed by atoms with E-state index in [1.807, 2.05) is 4.90 Å². The molecule has 2 amide bonds. The molecular weight excluding hydrogens is 270 g/mol. The molecule has 2 fully saturated rings. The fraction of sp³-hybridized carbons (Fsp3) is 0.867. The Morgan fingerprint density at radius 3 is 2.43 bits per heavy atom. The second kappa shape index (κ2) is 8.22. The Bertz CT molecular complexity index is 350. The molecule has 0 bridgehead atoms. The van der Waals surface area contributed by atoms with Crippen LogP contribution in [0, 0.1) is 5.92 Å². The monoisotopic (exact) mass is 297 g/mol. The molecule has 2 aliphatic rings. The van der Waals surface area contributed by atoms with Crippen molar-refractivity contribution in [2.75, 3.05) is 26.2 Å². The lowest BCUT2D eigenvalue weighted by atomic mass is 9.92. The summed E-state index contributed by atoms with van der Waals surface area (Å²) < 4.78 is 0. The van der Waals surface area contributed by atoms with Gasteiger partial charge in [-0.3, -0.25) is 4.79 Å². The molecule has 3 N–H and O–H groups in total. The van der Waals surface area contributed by atoms with Crippen molar-refractivity contribution in [1.82, 2.24) is 15.5 Å². The summed E-state index contributed by atoms with van der Waals surface area (Å²) >= 11 is 0. The molecule has 0 aromatic heterocycles. The molecular formula is C15H27N3O3. The third kappa shape index (κ3) is 6.33. The Morgan fingerprint density at radius 1 is 1.10 bits per heavy atom.